The van der Waals surface area contributed by atoms with Crippen LogP contribution in [0.15, 0.2) is 0 Å². The van der Waals surface area contributed by atoms with Crippen LogP contribution in [-0.4, -0.2) is 59.6 Å². The second-order valence-corrected chi connectivity index (χ2v) is 6.58. The maximum Gasteiger partial charge on any atom is 0.222 e. The smallest absolute Gasteiger partial charge is 0.222 e. The highest BCUT2D eigenvalue weighted by molar-refractivity contribution is 5.85. The SMILES string of the molecule is CCCCN(CCCC)C(=O)CCC(O)CN(CCC)CCC.Cl. The Labute approximate surface area is 156 Å². The van der Waals surface area contributed by atoms with E-state index in [4.69, 9.17) is 0 Å². The summed E-state index contributed by atoms with van der Waals surface area (Å²) in [6.07, 6.45) is 7.23. The molecule has 0 saturated carbocycles. The van der Waals surface area contributed by atoms with Crippen LogP contribution in [0.1, 0.15) is 79.1 Å². The molecule has 0 rings (SSSR count). The summed E-state index contributed by atoms with van der Waals surface area (Å²) in [5.74, 6) is 0.212. The van der Waals surface area contributed by atoms with Gasteiger partial charge in [0.2, 0.25) is 5.91 Å². The zero-order valence-corrected chi connectivity index (χ0v) is 17.2. The van der Waals surface area contributed by atoms with E-state index in [-0.39, 0.29) is 18.3 Å². The molecule has 0 spiro atoms. The molecule has 1 amide bonds. The molecular weight excluding hydrogens is 324 g/mol. The summed E-state index contributed by atoms with van der Waals surface area (Å²) in [5, 5.41) is 10.2. The molecule has 1 atom stereocenters. The summed E-state index contributed by atoms with van der Waals surface area (Å²) in [5.41, 5.74) is 0. The van der Waals surface area contributed by atoms with Crippen molar-refractivity contribution in [3.63, 3.8) is 0 Å². The lowest BCUT2D eigenvalue weighted by atomic mass is 10.1. The summed E-state index contributed by atoms with van der Waals surface area (Å²) in [6.45, 7) is 13.1. The van der Waals surface area contributed by atoms with Crippen molar-refractivity contribution in [2.45, 2.75) is 85.2 Å². The van der Waals surface area contributed by atoms with E-state index in [0.29, 0.717) is 19.4 Å². The van der Waals surface area contributed by atoms with Gasteiger partial charge in [0, 0.05) is 26.1 Å². The van der Waals surface area contributed by atoms with Crippen LogP contribution < -0.4 is 0 Å². The fraction of sp³-hybridized carbons (Fsp3) is 0.947. The molecule has 0 aliphatic rings. The molecule has 1 N–H and O–H groups in total. The number of aliphatic hydroxyl groups excluding tert-OH is 1. The maximum absolute atomic E-state index is 12.4. The van der Waals surface area contributed by atoms with Crippen molar-refractivity contribution in [3.05, 3.63) is 0 Å². The highest BCUT2D eigenvalue weighted by Crippen LogP contribution is 2.07. The Bertz CT molecular complexity index is 277. The predicted octanol–water partition coefficient (Wildman–Crippen LogP) is 4.10. The van der Waals surface area contributed by atoms with Gasteiger partial charge in [-0.3, -0.25) is 4.79 Å². The van der Waals surface area contributed by atoms with Gasteiger partial charge < -0.3 is 14.9 Å². The van der Waals surface area contributed by atoms with Crippen LogP contribution in [0.4, 0.5) is 0 Å². The zero-order valence-electron chi connectivity index (χ0n) is 16.4. The van der Waals surface area contributed by atoms with E-state index in [1.54, 1.807) is 0 Å². The van der Waals surface area contributed by atoms with Gasteiger partial charge in [0.15, 0.2) is 0 Å². The average molecular weight is 365 g/mol. The standard InChI is InChI=1S/C19H40N2O2.ClH/c1-5-9-15-21(16-10-6-2)19(23)12-11-18(22)17-20(13-7-3)14-8-4;/h18,22H,5-17H2,1-4H3;1H. The Morgan fingerprint density at radius 3 is 1.79 bits per heavy atom. The second-order valence-electron chi connectivity index (χ2n) is 6.58. The fourth-order valence-electron chi connectivity index (χ4n) is 2.82. The van der Waals surface area contributed by atoms with E-state index >= 15 is 0 Å². The molecule has 0 saturated heterocycles. The number of hydrogen-bond donors (Lipinski definition) is 1. The van der Waals surface area contributed by atoms with Crippen LogP contribution >= 0.6 is 12.4 Å². The van der Waals surface area contributed by atoms with Gasteiger partial charge in [-0.1, -0.05) is 40.5 Å². The van der Waals surface area contributed by atoms with Crippen molar-refractivity contribution >= 4 is 18.3 Å². The molecule has 0 aliphatic carbocycles. The summed E-state index contributed by atoms with van der Waals surface area (Å²) in [4.78, 5) is 16.7. The van der Waals surface area contributed by atoms with Crippen molar-refractivity contribution in [1.82, 2.24) is 9.80 Å². The number of unbranched alkanes of at least 4 members (excludes halogenated alkanes) is 2. The summed E-state index contributed by atoms with van der Waals surface area (Å²) >= 11 is 0. The molecule has 24 heavy (non-hydrogen) atoms. The maximum atomic E-state index is 12.4. The first-order valence-corrected chi connectivity index (χ1v) is 9.77. The van der Waals surface area contributed by atoms with Crippen molar-refractivity contribution in [3.8, 4) is 0 Å². The number of amides is 1. The number of aliphatic hydroxyl groups is 1. The molecule has 0 heterocycles. The van der Waals surface area contributed by atoms with Crippen LogP contribution in [0.5, 0.6) is 0 Å². The van der Waals surface area contributed by atoms with Crippen LogP contribution in [0.3, 0.4) is 0 Å². The molecule has 0 aromatic carbocycles. The zero-order chi connectivity index (χ0) is 17.5. The molecule has 146 valence electrons. The number of nitrogens with zero attached hydrogens (tertiary/aromatic N) is 2. The highest BCUT2D eigenvalue weighted by Gasteiger charge is 2.16. The summed E-state index contributed by atoms with van der Waals surface area (Å²) < 4.78 is 0. The Morgan fingerprint density at radius 1 is 0.875 bits per heavy atom. The lowest BCUT2D eigenvalue weighted by Crippen LogP contribution is -2.36. The normalized spacial score (nSPS) is 12.1. The number of halogens is 1. The minimum atomic E-state index is -0.392. The van der Waals surface area contributed by atoms with Gasteiger partial charge in [-0.05, 0) is 45.2 Å². The van der Waals surface area contributed by atoms with Gasteiger partial charge in [-0.15, -0.1) is 12.4 Å². The van der Waals surface area contributed by atoms with Crippen LogP contribution in [-0.2, 0) is 4.79 Å². The largest absolute Gasteiger partial charge is 0.392 e. The van der Waals surface area contributed by atoms with Crippen molar-refractivity contribution in [1.29, 1.82) is 0 Å². The molecular formula is C19H41ClN2O2. The number of carbonyl (C=O) groups is 1. The molecule has 0 aromatic heterocycles. The van der Waals surface area contributed by atoms with Gasteiger partial charge >= 0.3 is 0 Å². The van der Waals surface area contributed by atoms with Crippen LogP contribution in [0.25, 0.3) is 0 Å². The molecule has 4 nitrogen and oxygen atoms in total. The van der Waals surface area contributed by atoms with Crippen molar-refractivity contribution in [2.24, 2.45) is 0 Å². The van der Waals surface area contributed by atoms with Gasteiger partial charge in [0.1, 0.15) is 0 Å². The third-order valence-electron chi connectivity index (χ3n) is 4.16. The monoisotopic (exact) mass is 364 g/mol. The van der Waals surface area contributed by atoms with Crippen LogP contribution in [0, 0.1) is 0 Å². The summed E-state index contributed by atoms with van der Waals surface area (Å²) in [6, 6.07) is 0. The third-order valence-corrected chi connectivity index (χ3v) is 4.16. The molecule has 5 heteroatoms. The minimum absolute atomic E-state index is 0. The second kappa shape index (κ2) is 17.5. The predicted molar refractivity (Wildman–Crippen MR) is 106 cm³/mol. The van der Waals surface area contributed by atoms with Gasteiger partial charge in [0.05, 0.1) is 6.10 Å². The molecule has 0 radical (unpaired) electrons. The lowest BCUT2D eigenvalue weighted by molar-refractivity contribution is -0.132. The Morgan fingerprint density at radius 2 is 1.38 bits per heavy atom. The first kappa shape index (κ1) is 25.9. The topological polar surface area (TPSA) is 43.8 Å². The first-order chi connectivity index (χ1) is 11.1. The average Bonchev–Trinajstić information content (AvgIpc) is 2.53. The minimum Gasteiger partial charge on any atom is -0.392 e. The lowest BCUT2D eigenvalue weighted by Gasteiger charge is -2.25. The fourth-order valence-corrected chi connectivity index (χ4v) is 2.82. The number of rotatable bonds is 15. The van der Waals surface area contributed by atoms with E-state index < -0.39 is 6.10 Å². The summed E-state index contributed by atoms with van der Waals surface area (Å²) in [7, 11) is 0. The third kappa shape index (κ3) is 13.0. The first-order valence-electron chi connectivity index (χ1n) is 9.77. The molecule has 0 fully saturated rings. The van der Waals surface area contributed by atoms with Gasteiger partial charge in [-0.2, -0.15) is 0 Å². The quantitative estimate of drug-likeness (QED) is 0.475. The van der Waals surface area contributed by atoms with Crippen LogP contribution in [0.2, 0.25) is 0 Å². The van der Waals surface area contributed by atoms with Gasteiger partial charge in [0.25, 0.3) is 0 Å². The Kier molecular flexibility index (Phi) is 18.9. The van der Waals surface area contributed by atoms with E-state index in [2.05, 4.69) is 32.6 Å². The van der Waals surface area contributed by atoms with Gasteiger partial charge in [-0.25, -0.2) is 0 Å². The van der Waals surface area contributed by atoms with E-state index in [9.17, 15) is 9.90 Å². The van der Waals surface area contributed by atoms with Crippen molar-refractivity contribution in [2.75, 3.05) is 32.7 Å². The van der Waals surface area contributed by atoms with E-state index in [1.807, 2.05) is 4.90 Å². The van der Waals surface area contributed by atoms with E-state index in [1.165, 1.54) is 0 Å². The number of carbonyl (C=O) groups excluding carboxylic acids is 1. The molecule has 0 aromatic rings. The Hall–Kier alpha value is -0.320. The van der Waals surface area contributed by atoms with Crippen molar-refractivity contribution < 1.29 is 9.90 Å². The Balaban J connectivity index is 0. The molecule has 0 bridgehead atoms. The molecule has 1 unspecified atom stereocenters. The highest BCUT2D eigenvalue weighted by atomic mass is 35.5. The molecule has 0 aliphatic heterocycles. The number of hydrogen-bond acceptors (Lipinski definition) is 3. The van der Waals surface area contributed by atoms with E-state index in [0.717, 1.165) is 64.7 Å².